The van der Waals surface area contributed by atoms with E-state index in [1.54, 1.807) is 11.0 Å². The fraction of sp³-hybridized carbons (Fsp3) is 0.231. The number of hydrogen-bond acceptors (Lipinski definition) is 4. The summed E-state index contributed by atoms with van der Waals surface area (Å²) in [5.74, 6) is -1.41. The van der Waals surface area contributed by atoms with E-state index >= 15 is 0 Å². The van der Waals surface area contributed by atoms with Gasteiger partial charge in [-0.25, -0.2) is 4.79 Å². The molecule has 0 saturated carbocycles. The highest BCUT2D eigenvalue weighted by Gasteiger charge is 2.31. The minimum absolute atomic E-state index is 0.0552. The predicted octanol–water partition coefficient (Wildman–Crippen LogP) is 2.40. The Morgan fingerprint density at radius 3 is 2.76 bits per heavy atom. The first-order valence-electron chi connectivity index (χ1n) is 5.88. The maximum absolute atomic E-state index is 12.1. The van der Waals surface area contributed by atoms with Crippen LogP contribution < -0.4 is 4.74 Å². The molecule has 0 saturated heterocycles. The Morgan fingerprint density at radius 2 is 2.19 bits per heavy atom. The number of carbonyl (C=O) groups is 1. The van der Waals surface area contributed by atoms with Crippen LogP contribution in [0.1, 0.15) is 5.56 Å². The molecule has 1 aliphatic rings. The van der Waals surface area contributed by atoms with Crippen molar-refractivity contribution in [1.82, 2.24) is 4.90 Å². The van der Waals surface area contributed by atoms with Gasteiger partial charge in [0.15, 0.2) is 0 Å². The molecule has 2 rings (SSSR count). The van der Waals surface area contributed by atoms with Gasteiger partial charge in [0.05, 0.1) is 0 Å². The van der Waals surface area contributed by atoms with Gasteiger partial charge >= 0.3 is 12.3 Å². The van der Waals surface area contributed by atoms with Crippen molar-refractivity contribution in [2.75, 3.05) is 6.67 Å². The summed E-state index contributed by atoms with van der Waals surface area (Å²) in [6.07, 6.45) is -1.86. The molecule has 1 heterocycles. The number of rotatable bonds is 4. The smallest absolute Gasteiger partial charge is 0.477 e. The number of aliphatic imine (C=N–C) groups is 1. The third-order valence-corrected chi connectivity index (χ3v) is 2.60. The molecule has 0 aliphatic carbocycles. The van der Waals surface area contributed by atoms with E-state index in [9.17, 15) is 18.0 Å². The highest BCUT2D eigenvalue weighted by Crippen LogP contribution is 2.24. The number of hydrogen-bond donors (Lipinski definition) is 1. The lowest BCUT2D eigenvalue weighted by molar-refractivity contribution is -0.274. The summed E-state index contributed by atoms with van der Waals surface area (Å²) < 4.78 is 40.2. The standard InChI is InChI=1S/C13H11F3N2O3/c14-13(15,16)21-10-3-1-2-9(6-10)7-18-5-4-11(12(19)20)17-8-18/h1-6H,7-8H2,(H,19,20). The van der Waals surface area contributed by atoms with Crippen LogP contribution in [0.3, 0.4) is 0 Å². The first kappa shape index (κ1) is 14.9. The zero-order valence-electron chi connectivity index (χ0n) is 10.7. The van der Waals surface area contributed by atoms with Crippen LogP contribution in [0.15, 0.2) is 41.5 Å². The van der Waals surface area contributed by atoms with Crippen molar-refractivity contribution in [2.24, 2.45) is 4.99 Å². The Kier molecular flexibility index (Phi) is 4.15. The Hall–Kier alpha value is -2.51. The number of alkyl halides is 3. The van der Waals surface area contributed by atoms with Crippen molar-refractivity contribution >= 4 is 11.7 Å². The maximum atomic E-state index is 12.1. The third kappa shape index (κ3) is 4.51. The fourth-order valence-electron chi connectivity index (χ4n) is 1.76. The van der Waals surface area contributed by atoms with Gasteiger partial charge in [0.25, 0.3) is 0 Å². The number of halogens is 3. The Balaban J connectivity index is 2.00. The van der Waals surface area contributed by atoms with Gasteiger partial charge in [-0.05, 0) is 23.8 Å². The minimum Gasteiger partial charge on any atom is -0.477 e. The summed E-state index contributed by atoms with van der Waals surface area (Å²) in [4.78, 5) is 16.2. The zero-order valence-corrected chi connectivity index (χ0v) is 10.7. The van der Waals surface area contributed by atoms with Crippen LogP contribution in [0.4, 0.5) is 13.2 Å². The van der Waals surface area contributed by atoms with Gasteiger partial charge in [-0.1, -0.05) is 12.1 Å². The minimum atomic E-state index is -4.73. The monoisotopic (exact) mass is 300 g/mol. The summed E-state index contributed by atoms with van der Waals surface area (Å²) in [5.41, 5.74) is 0.538. The molecule has 112 valence electrons. The number of benzene rings is 1. The second-order valence-corrected chi connectivity index (χ2v) is 4.25. The lowest BCUT2D eigenvalue weighted by Crippen LogP contribution is -2.24. The van der Waals surface area contributed by atoms with Crippen molar-refractivity contribution in [3.8, 4) is 5.75 Å². The molecule has 0 bridgehead atoms. The lowest BCUT2D eigenvalue weighted by atomic mass is 10.2. The van der Waals surface area contributed by atoms with Crippen molar-refractivity contribution in [3.63, 3.8) is 0 Å². The van der Waals surface area contributed by atoms with Gasteiger partial charge < -0.3 is 14.7 Å². The van der Waals surface area contributed by atoms with E-state index in [0.29, 0.717) is 12.1 Å². The van der Waals surface area contributed by atoms with E-state index in [0.717, 1.165) is 0 Å². The van der Waals surface area contributed by atoms with E-state index < -0.39 is 12.3 Å². The van der Waals surface area contributed by atoms with Gasteiger partial charge in [0.1, 0.15) is 18.1 Å². The van der Waals surface area contributed by atoms with Crippen LogP contribution in [0, 0.1) is 0 Å². The topological polar surface area (TPSA) is 62.1 Å². The summed E-state index contributed by atoms with van der Waals surface area (Å²) >= 11 is 0. The molecule has 5 nitrogen and oxygen atoms in total. The molecule has 0 atom stereocenters. The van der Waals surface area contributed by atoms with Gasteiger partial charge in [0.2, 0.25) is 0 Å². The number of carboxylic acids is 1. The number of aliphatic carboxylic acids is 1. The number of ether oxygens (including phenoxy) is 1. The molecule has 0 fully saturated rings. The van der Waals surface area contributed by atoms with Crippen LogP contribution in [0.5, 0.6) is 5.75 Å². The third-order valence-electron chi connectivity index (χ3n) is 2.60. The van der Waals surface area contributed by atoms with Gasteiger partial charge in [-0.15, -0.1) is 13.2 Å². The van der Waals surface area contributed by atoms with Crippen molar-refractivity contribution in [2.45, 2.75) is 12.9 Å². The molecule has 0 amide bonds. The van der Waals surface area contributed by atoms with E-state index in [-0.39, 0.29) is 18.1 Å². The first-order valence-corrected chi connectivity index (χ1v) is 5.88. The lowest BCUT2D eigenvalue weighted by Gasteiger charge is -2.21. The van der Waals surface area contributed by atoms with E-state index in [1.807, 2.05) is 0 Å². The van der Waals surface area contributed by atoms with Crippen molar-refractivity contribution in [3.05, 3.63) is 42.1 Å². The average Bonchev–Trinajstić information content (AvgIpc) is 2.37. The second kappa shape index (κ2) is 5.86. The molecule has 1 aliphatic heterocycles. The SMILES string of the molecule is O=C(O)C1=NCN(Cc2cccc(OC(F)(F)F)c2)C=C1. The number of carboxylic acid groups (broad SMARTS) is 1. The van der Waals surface area contributed by atoms with E-state index in [2.05, 4.69) is 9.73 Å². The maximum Gasteiger partial charge on any atom is 0.573 e. The molecule has 0 aromatic heterocycles. The van der Waals surface area contributed by atoms with Gasteiger partial charge in [0, 0.05) is 12.7 Å². The van der Waals surface area contributed by atoms with E-state index in [4.69, 9.17) is 5.11 Å². The Morgan fingerprint density at radius 1 is 1.43 bits per heavy atom. The molecule has 0 spiro atoms. The largest absolute Gasteiger partial charge is 0.573 e. The van der Waals surface area contributed by atoms with Gasteiger partial charge in [-0.2, -0.15) is 0 Å². The highest BCUT2D eigenvalue weighted by atomic mass is 19.4. The summed E-state index contributed by atoms with van der Waals surface area (Å²) in [6, 6.07) is 5.59. The van der Waals surface area contributed by atoms with Crippen LogP contribution >= 0.6 is 0 Å². The summed E-state index contributed by atoms with van der Waals surface area (Å²) in [5, 5.41) is 8.74. The van der Waals surface area contributed by atoms with E-state index in [1.165, 1.54) is 30.5 Å². The molecule has 1 N–H and O–H groups in total. The second-order valence-electron chi connectivity index (χ2n) is 4.25. The molecule has 21 heavy (non-hydrogen) atoms. The molecular formula is C13H11F3N2O3. The van der Waals surface area contributed by atoms with Crippen molar-refractivity contribution < 1.29 is 27.8 Å². The summed E-state index contributed by atoms with van der Waals surface area (Å²) in [7, 11) is 0. The molecule has 8 heteroatoms. The van der Waals surface area contributed by atoms with Crippen LogP contribution in [0.2, 0.25) is 0 Å². The molecule has 1 aromatic carbocycles. The average molecular weight is 300 g/mol. The van der Waals surface area contributed by atoms with Crippen LogP contribution in [0.25, 0.3) is 0 Å². The molecule has 0 unspecified atom stereocenters. The van der Waals surface area contributed by atoms with Crippen LogP contribution in [-0.4, -0.2) is 34.7 Å². The number of nitrogens with zero attached hydrogens (tertiary/aromatic N) is 2. The normalized spacial score (nSPS) is 14.8. The highest BCUT2D eigenvalue weighted by molar-refractivity contribution is 6.40. The quantitative estimate of drug-likeness (QED) is 0.927. The van der Waals surface area contributed by atoms with Crippen LogP contribution in [-0.2, 0) is 11.3 Å². The Bertz CT molecular complexity index is 597. The van der Waals surface area contributed by atoms with Crippen molar-refractivity contribution in [1.29, 1.82) is 0 Å². The molecule has 0 radical (unpaired) electrons. The molecular weight excluding hydrogens is 289 g/mol. The fourth-order valence-corrected chi connectivity index (χ4v) is 1.76. The summed E-state index contributed by atoms with van der Waals surface area (Å²) in [6.45, 7) is 0.421. The zero-order chi connectivity index (χ0) is 15.5. The first-order chi connectivity index (χ1) is 9.83. The van der Waals surface area contributed by atoms with Gasteiger partial charge in [-0.3, -0.25) is 4.99 Å². The predicted molar refractivity (Wildman–Crippen MR) is 67.7 cm³/mol. The molecule has 1 aromatic rings. The Labute approximate surface area is 118 Å².